The van der Waals surface area contributed by atoms with Crippen molar-refractivity contribution < 1.29 is 4.79 Å². The van der Waals surface area contributed by atoms with Crippen LogP contribution in [0, 0.1) is 13.8 Å². The average molecular weight is 339 g/mol. The summed E-state index contributed by atoms with van der Waals surface area (Å²) in [5.74, 6) is 0.844. The van der Waals surface area contributed by atoms with Gasteiger partial charge in [-0.2, -0.15) is 5.10 Å². The van der Waals surface area contributed by atoms with E-state index in [0.29, 0.717) is 18.7 Å². The molecule has 130 valence electrons. The van der Waals surface area contributed by atoms with Crippen LogP contribution in [0.5, 0.6) is 0 Å². The maximum atomic E-state index is 13.3. The molecule has 3 aromatic heterocycles. The standard InChI is InChI=1S/C17H21N7O/c1-11-8-15-20-9-13(12(2)24(15)21-11)17(25)23-7-4-18-10-14(23)16-19-5-6-22(16)3/h5-6,8-9,14,18H,4,7,10H2,1-3H3. The average Bonchev–Trinajstić information content (AvgIpc) is 3.20. The zero-order valence-corrected chi connectivity index (χ0v) is 14.6. The first-order chi connectivity index (χ1) is 12.1. The van der Waals surface area contributed by atoms with Gasteiger partial charge in [-0.05, 0) is 13.8 Å². The molecule has 1 atom stereocenters. The van der Waals surface area contributed by atoms with Gasteiger partial charge in [0.2, 0.25) is 0 Å². The van der Waals surface area contributed by atoms with Gasteiger partial charge in [-0.25, -0.2) is 14.5 Å². The number of hydrogen-bond donors (Lipinski definition) is 1. The second-order valence-electron chi connectivity index (χ2n) is 6.43. The number of carbonyl (C=O) groups excluding carboxylic acids is 1. The molecule has 0 aromatic carbocycles. The molecule has 8 heteroatoms. The number of aryl methyl sites for hydroxylation is 3. The summed E-state index contributed by atoms with van der Waals surface area (Å²) in [4.78, 5) is 24.0. The van der Waals surface area contributed by atoms with Gasteiger partial charge in [0.25, 0.3) is 5.91 Å². The van der Waals surface area contributed by atoms with E-state index in [1.54, 1.807) is 16.9 Å². The van der Waals surface area contributed by atoms with Crippen LogP contribution in [0.3, 0.4) is 0 Å². The summed E-state index contributed by atoms with van der Waals surface area (Å²) < 4.78 is 3.70. The molecule has 3 aromatic rings. The van der Waals surface area contributed by atoms with Gasteiger partial charge in [0, 0.05) is 51.3 Å². The Kier molecular flexibility index (Phi) is 3.76. The molecule has 1 amide bonds. The summed E-state index contributed by atoms with van der Waals surface area (Å²) in [5.41, 5.74) is 3.03. The van der Waals surface area contributed by atoms with E-state index in [9.17, 15) is 4.79 Å². The summed E-state index contributed by atoms with van der Waals surface area (Å²) in [7, 11) is 1.95. The van der Waals surface area contributed by atoms with Gasteiger partial charge in [0.05, 0.1) is 17.0 Å². The molecular weight excluding hydrogens is 318 g/mol. The highest BCUT2D eigenvalue weighted by Gasteiger charge is 2.32. The van der Waals surface area contributed by atoms with E-state index in [0.717, 1.165) is 29.4 Å². The minimum Gasteiger partial charge on any atom is -0.336 e. The highest BCUT2D eigenvalue weighted by atomic mass is 16.2. The van der Waals surface area contributed by atoms with E-state index in [1.807, 2.05) is 42.6 Å². The van der Waals surface area contributed by atoms with E-state index in [-0.39, 0.29) is 11.9 Å². The van der Waals surface area contributed by atoms with Crippen LogP contribution >= 0.6 is 0 Å². The van der Waals surface area contributed by atoms with Crippen molar-refractivity contribution in [2.24, 2.45) is 7.05 Å². The van der Waals surface area contributed by atoms with Gasteiger partial charge in [0.1, 0.15) is 11.9 Å². The molecule has 0 spiro atoms. The SMILES string of the molecule is Cc1cc2ncc(C(=O)N3CCNCC3c3nccn3C)c(C)n2n1. The summed E-state index contributed by atoms with van der Waals surface area (Å²) in [6, 6.07) is 1.80. The Morgan fingerprint density at radius 2 is 2.16 bits per heavy atom. The Labute approximate surface area is 145 Å². The second kappa shape index (κ2) is 5.96. The number of piperazine rings is 1. The predicted molar refractivity (Wildman–Crippen MR) is 92.3 cm³/mol. The minimum absolute atomic E-state index is 0.0328. The van der Waals surface area contributed by atoms with E-state index < -0.39 is 0 Å². The van der Waals surface area contributed by atoms with Gasteiger partial charge in [0.15, 0.2) is 5.65 Å². The van der Waals surface area contributed by atoms with Crippen LogP contribution in [0.2, 0.25) is 0 Å². The molecule has 1 aliphatic rings. The van der Waals surface area contributed by atoms with Crippen LogP contribution in [0.4, 0.5) is 0 Å². The van der Waals surface area contributed by atoms with Crippen molar-refractivity contribution >= 4 is 11.6 Å². The first-order valence-electron chi connectivity index (χ1n) is 8.37. The van der Waals surface area contributed by atoms with Crippen molar-refractivity contribution in [3.63, 3.8) is 0 Å². The van der Waals surface area contributed by atoms with E-state index in [2.05, 4.69) is 20.4 Å². The minimum atomic E-state index is -0.101. The van der Waals surface area contributed by atoms with Crippen LogP contribution in [0.1, 0.15) is 33.6 Å². The predicted octanol–water partition coefficient (Wildman–Crippen LogP) is 0.866. The van der Waals surface area contributed by atoms with Crippen molar-refractivity contribution in [2.45, 2.75) is 19.9 Å². The first kappa shape index (κ1) is 15.8. The molecule has 0 aliphatic carbocycles. The van der Waals surface area contributed by atoms with Crippen molar-refractivity contribution in [2.75, 3.05) is 19.6 Å². The van der Waals surface area contributed by atoms with Gasteiger partial charge in [-0.3, -0.25) is 4.79 Å². The highest BCUT2D eigenvalue weighted by Crippen LogP contribution is 2.24. The summed E-state index contributed by atoms with van der Waals surface area (Å²) in [6.07, 6.45) is 5.32. The van der Waals surface area contributed by atoms with E-state index in [1.165, 1.54) is 0 Å². The number of nitrogens with one attached hydrogen (secondary N) is 1. The molecule has 4 rings (SSSR count). The fraction of sp³-hybridized carbons (Fsp3) is 0.412. The lowest BCUT2D eigenvalue weighted by Crippen LogP contribution is -2.49. The van der Waals surface area contributed by atoms with Crippen LogP contribution < -0.4 is 5.32 Å². The van der Waals surface area contributed by atoms with Crippen molar-refractivity contribution in [1.29, 1.82) is 0 Å². The lowest BCUT2D eigenvalue weighted by Gasteiger charge is -2.36. The number of imidazole rings is 1. The fourth-order valence-corrected chi connectivity index (χ4v) is 3.40. The van der Waals surface area contributed by atoms with Crippen LogP contribution in [-0.4, -0.2) is 54.6 Å². The number of rotatable bonds is 2. The molecule has 0 bridgehead atoms. The lowest BCUT2D eigenvalue weighted by molar-refractivity contribution is 0.0619. The largest absolute Gasteiger partial charge is 0.336 e. The van der Waals surface area contributed by atoms with E-state index >= 15 is 0 Å². The smallest absolute Gasteiger partial charge is 0.257 e. The third-order valence-corrected chi connectivity index (χ3v) is 4.74. The van der Waals surface area contributed by atoms with Gasteiger partial charge in [-0.15, -0.1) is 0 Å². The molecule has 8 nitrogen and oxygen atoms in total. The Morgan fingerprint density at radius 1 is 1.32 bits per heavy atom. The zero-order chi connectivity index (χ0) is 17.6. The van der Waals surface area contributed by atoms with Gasteiger partial charge in [-0.1, -0.05) is 0 Å². The Hall–Kier alpha value is -2.74. The Bertz CT molecular complexity index is 942. The quantitative estimate of drug-likeness (QED) is 0.749. The van der Waals surface area contributed by atoms with Crippen LogP contribution in [0.25, 0.3) is 5.65 Å². The number of aromatic nitrogens is 5. The maximum absolute atomic E-state index is 13.3. The fourth-order valence-electron chi connectivity index (χ4n) is 3.40. The molecule has 25 heavy (non-hydrogen) atoms. The number of carbonyl (C=O) groups is 1. The van der Waals surface area contributed by atoms with Crippen molar-refractivity contribution in [3.05, 3.63) is 47.4 Å². The van der Waals surface area contributed by atoms with Gasteiger partial charge < -0.3 is 14.8 Å². The lowest BCUT2D eigenvalue weighted by atomic mass is 10.1. The topological polar surface area (TPSA) is 80.4 Å². The normalized spacial score (nSPS) is 18.0. The Morgan fingerprint density at radius 3 is 2.92 bits per heavy atom. The summed E-state index contributed by atoms with van der Waals surface area (Å²) in [6.45, 7) is 5.91. The third kappa shape index (κ3) is 2.58. The molecule has 1 N–H and O–H groups in total. The highest BCUT2D eigenvalue weighted by molar-refractivity contribution is 5.95. The molecule has 4 heterocycles. The van der Waals surface area contributed by atoms with Crippen molar-refractivity contribution in [1.82, 2.24) is 34.4 Å². The van der Waals surface area contributed by atoms with Crippen LogP contribution in [-0.2, 0) is 7.05 Å². The second-order valence-corrected chi connectivity index (χ2v) is 6.43. The monoisotopic (exact) mass is 339 g/mol. The van der Waals surface area contributed by atoms with Crippen LogP contribution in [0.15, 0.2) is 24.7 Å². The molecule has 0 saturated carbocycles. The summed E-state index contributed by atoms with van der Waals surface area (Å²) >= 11 is 0. The number of nitrogens with zero attached hydrogens (tertiary/aromatic N) is 6. The third-order valence-electron chi connectivity index (χ3n) is 4.74. The van der Waals surface area contributed by atoms with Gasteiger partial charge >= 0.3 is 0 Å². The molecule has 0 radical (unpaired) electrons. The maximum Gasteiger partial charge on any atom is 0.257 e. The molecule has 1 fully saturated rings. The number of fused-ring (bicyclic) bond motifs is 1. The molecule has 1 unspecified atom stereocenters. The zero-order valence-electron chi connectivity index (χ0n) is 14.6. The van der Waals surface area contributed by atoms with E-state index in [4.69, 9.17) is 0 Å². The summed E-state index contributed by atoms with van der Waals surface area (Å²) in [5, 5.41) is 7.79. The number of hydrogen-bond acceptors (Lipinski definition) is 5. The first-order valence-corrected chi connectivity index (χ1v) is 8.37. The molecule has 1 saturated heterocycles. The molecular formula is C17H21N7O. The molecule has 1 aliphatic heterocycles. The number of amides is 1. The Balaban J connectivity index is 1.73. The van der Waals surface area contributed by atoms with Crippen molar-refractivity contribution in [3.8, 4) is 0 Å².